The largest absolute Gasteiger partial charge is 0.397 e. The Labute approximate surface area is 108 Å². The predicted octanol–water partition coefficient (Wildman–Crippen LogP) is 1.81. The molecule has 0 aliphatic heterocycles. The van der Waals surface area contributed by atoms with Crippen molar-refractivity contribution >= 4 is 17.3 Å². The normalized spacial score (nSPS) is 15.8. The van der Waals surface area contributed by atoms with Crippen LogP contribution in [0.1, 0.15) is 31.2 Å². The summed E-state index contributed by atoms with van der Waals surface area (Å²) in [6, 6.07) is 6.31. The molecule has 1 amide bonds. The number of rotatable bonds is 4. The Balaban J connectivity index is 2.31. The van der Waals surface area contributed by atoms with E-state index in [-0.39, 0.29) is 12.5 Å². The number of nitrogen functional groups attached to an aromatic ring is 1. The van der Waals surface area contributed by atoms with Crippen molar-refractivity contribution in [2.24, 2.45) is 5.73 Å². The number of aryl methyl sites for hydroxylation is 1. The fourth-order valence-electron chi connectivity index (χ4n) is 2.70. The first-order valence-electron chi connectivity index (χ1n) is 6.49. The molecule has 4 heteroatoms. The van der Waals surface area contributed by atoms with Gasteiger partial charge in [0.05, 0.1) is 17.9 Å². The van der Waals surface area contributed by atoms with Crippen LogP contribution in [0.15, 0.2) is 18.2 Å². The number of primary amides is 1. The van der Waals surface area contributed by atoms with Crippen LogP contribution in [0.2, 0.25) is 0 Å². The second-order valence-electron chi connectivity index (χ2n) is 5.09. The molecule has 0 heterocycles. The van der Waals surface area contributed by atoms with Gasteiger partial charge in [0.25, 0.3) is 0 Å². The standard InChI is InChI=1S/C14H21N3O/c1-10-6-7-12(15)13(8-10)17(9-14(16)18)11-4-2-3-5-11/h6-8,11H,2-5,9,15H2,1H3,(H2,16,18). The number of nitrogens with zero attached hydrogens (tertiary/aromatic N) is 1. The van der Waals surface area contributed by atoms with E-state index in [0.29, 0.717) is 11.7 Å². The van der Waals surface area contributed by atoms with E-state index in [1.807, 2.05) is 25.1 Å². The summed E-state index contributed by atoms with van der Waals surface area (Å²) in [5.41, 5.74) is 14.2. The van der Waals surface area contributed by atoms with E-state index in [1.54, 1.807) is 0 Å². The molecule has 18 heavy (non-hydrogen) atoms. The number of nitrogens with two attached hydrogens (primary N) is 2. The van der Waals surface area contributed by atoms with Gasteiger partial charge < -0.3 is 16.4 Å². The van der Waals surface area contributed by atoms with Gasteiger partial charge in [-0.05, 0) is 37.5 Å². The first-order valence-corrected chi connectivity index (χ1v) is 6.49. The molecule has 1 aromatic rings. The van der Waals surface area contributed by atoms with E-state index >= 15 is 0 Å². The van der Waals surface area contributed by atoms with Crippen LogP contribution >= 0.6 is 0 Å². The molecule has 0 radical (unpaired) electrons. The molecule has 0 spiro atoms. The van der Waals surface area contributed by atoms with E-state index in [9.17, 15) is 4.79 Å². The number of amides is 1. The second kappa shape index (κ2) is 5.29. The van der Waals surface area contributed by atoms with Gasteiger partial charge in [0, 0.05) is 6.04 Å². The molecule has 0 aromatic heterocycles. The lowest BCUT2D eigenvalue weighted by molar-refractivity contribution is -0.116. The van der Waals surface area contributed by atoms with Crippen LogP contribution in [0.5, 0.6) is 0 Å². The Morgan fingerprint density at radius 2 is 2.06 bits per heavy atom. The van der Waals surface area contributed by atoms with Gasteiger partial charge >= 0.3 is 0 Å². The summed E-state index contributed by atoms with van der Waals surface area (Å²) in [5.74, 6) is -0.303. The van der Waals surface area contributed by atoms with E-state index in [4.69, 9.17) is 11.5 Å². The third-order valence-corrected chi connectivity index (χ3v) is 3.59. The maximum Gasteiger partial charge on any atom is 0.236 e. The van der Waals surface area contributed by atoms with E-state index in [0.717, 1.165) is 24.1 Å². The first-order chi connectivity index (χ1) is 8.58. The lowest BCUT2D eigenvalue weighted by Gasteiger charge is -2.31. The highest BCUT2D eigenvalue weighted by molar-refractivity contribution is 5.82. The Morgan fingerprint density at radius 3 is 2.67 bits per heavy atom. The van der Waals surface area contributed by atoms with E-state index in [1.165, 1.54) is 12.8 Å². The molecule has 0 atom stereocenters. The molecule has 1 aliphatic carbocycles. The van der Waals surface area contributed by atoms with Gasteiger partial charge in [-0.25, -0.2) is 0 Å². The Kier molecular flexibility index (Phi) is 3.75. The van der Waals surface area contributed by atoms with Gasteiger partial charge in [-0.1, -0.05) is 18.9 Å². The molecule has 1 saturated carbocycles. The summed E-state index contributed by atoms with van der Waals surface area (Å²) in [5, 5.41) is 0. The number of anilines is 2. The zero-order valence-electron chi connectivity index (χ0n) is 10.9. The van der Waals surface area contributed by atoms with Crippen molar-refractivity contribution in [3.05, 3.63) is 23.8 Å². The molecule has 98 valence electrons. The van der Waals surface area contributed by atoms with Crippen LogP contribution in [-0.4, -0.2) is 18.5 Å². The zero-order valence-corrected chi connectivity index (χ0v) is 10.9. The van der Waals surface area contributed by atoms with Gasteiger partial charge in [-0.15, -0.1) is 0 Å². The van der Waals surface area contributed by atoms with Gasteiger partial charge in [-0.3, -0.25) is 4.79 Å². The first kappa shape index (κ1) is 12.7. The Morgan fingerprint density at radius 1 is 1.39 bits per heavy atom. The molecule has 4 nitrogen and oxygen atoms in total. The third kappa shape index (κ3) is 2.75. The van der Waals surface area contributed by atoms with Crippen molar-refractivity contribution in [2.45, 2.75) is 38.6 Å². The second-order valence-corrected chi connectivity index (χ2v) is 5.09. The van der Waals surface area contributed by atoms with Crippen molar-refractivity contribution in [3.8, 4) is 0 Å². The Bertz CT molecular complexity index is 439. The highest BCUT2D eigenvalue weighted by Gasteiger charge is 2.25. The minimum atomic E-state index is -0.303. The van der Waals surface area contributed by atoms with Gasteiger partial charge in [0.2, 0.25) is 5.91 Å². The highest BCUT2D eigenvalue weighted by atomic mass is 16.1. The van der Waals surface area contributed by atoms with Crippen molar-refractivity contribution in [2.75, 3.05) is 17.2 Å². The fraction of sp³-hybridized carbons (Fsp3) is 0.500. The lowest BCUT2D eigenvalue weighted by Crippen LogP contribution is -2.40. The lowest BCUT2D eigenvalue weighted by atomic mass is 10.1. The van der Waals surface area contributed by atoms with Crippen molar-refractivity contribution in [1.29, 1.82) is 0 Å². The summed E-state index contributed by atoms with van der Waals surface area (Å²) in [6.07, 6.45) is 4.65. The molecule has 0 saturated heterocycles. The SMILES string of the molecule is Cc1ccc(N)c(N(CC(N)=O)C2CCCC2)c1. The summed E-state index contributed by atoms with van der Waals surface area (Å²) in [7, 11) is 0. The maximum absolute atomic E-state index is 11.3. The molecule has 1 aromatic carbocycles. The average Bonchev–Trinajstić information content (AvgIpc) is 2.82. The third-order valence-electron chi connectivity index (χ3n) is 3.59. The zero-order chi connectivity index (χ0) is 13.1. The molecule has 1 aliphatic rings. The summed E-state index contributed by atoms with van der Waals surface area (Å²) < 4.78 is 0. The molecule has 4 N–H and O–H groups in total. The smallest absolute Gasteiger partial charge is 0.236 e. The molecule has 1 fully saturated rings. The van der Waals surface area contributed by atoms with Gasteiger partial charge in [0.15, 0.2) is 0 Å². The Hall–Kier alpha value is -1.71. The summed E-state index contributed by atoms with van der Waals surface area (Å²) >= 11 is 0. The van der Waals surface area contributed by atoms with Crippen LogP contribution in [0.3, 0.4) is 0 Å². The number of carbonyl (C=O) groups excluding carboxylic acids is 1. The minimum Gasteiger partial charge on any atom is -0.397 e. The molecule has 0 bridgehead atoms. The van der Waals surface area contributed by atoms with Crippen LogP contribution < -0.4 is 16.4 Å². The monoisotopic (exact) mass is 247 g/mol. The van der Waals surface area contributed by atoms with Crippen molar-refractivity contribution < 1.29 is 4.79 Å². The summed E-state index contributed by atoms with van der Waals surface area (Å²) in [6.45, 7) is 2.28. The molecule has 2 rings (SSSR count). The van der Waals surface area contributed by atoms with Gasteiger partial charge in [-0.2, -0.15) is 0 Å². The van der Waals surface area contributed by atoms with Crippen LogP contribution in [0.4, 0.5) is 11.4 Å². The number of benzene rings is 1. The molecular formula is C14H21N3O. The topological polar surface area (TPSA) is 72.3 Å². The van der Waals surface area contributed by atoms with Crippen LogP contribution in [-0.2, 0) is 4.79 Å². The highest BCUT2D eigenvalue weighted by Crippen LogP contribution is 2.32. The predicted molar refractivity (Wildman–Crippen MR) is 74.4 cm³/mol. The van der Waals surface area contributed by atoms with Crippen molar-refractivity contribution in [3.63, 3.8) is 0 Å². The molecule has 0 unspecified atom stereocenters. The minimum absolute atomic E-state index is 0.248. The number of hydrogen-bond acceptors (Lipinski definition) is 3. The van der Waals surface area contributed by atoms with Crippen LogP contribution in [0, 0.1) is 6.92 Å². The van der Waals surface area contributed by atoms with E-state index in [2.05, 4.69) is 4.90 Å². The summed E-state index contributed by atoms with van der Waals surface area (Å²) in [4.78, 5) is 13.4. The van der Waals surface area contributed by atoms with Crippen LogP contribution in [0.25, 0.3) is 0 Å². The average molecular weight is 247 g/mol. The quantitative estimate of drug-likeness (QED) is 0.797. The van der Waals surface area contributed by atoms with E-state index < -0.39 is 0 Å². The molecular weight excluding hydrogens is 226 g/mol. The number of carbonyl (C=O) groups is 1. The number of hydrogen-bond donors (Lipinski definition) is 2. The fourth-order valence-corrected chi connectivity index (χ4v) is 2.70. The maximum atomic E-state index is 11.3. The van der Waals surface area contributed by atoms with Crippen molar-refractivity contribution in [1.82, 2.24) is 0 Å². The van der Waals surface area contributed by atoms with Gasteiger partial charge in [0.1, 0.15) is 0 Å².